The van der Waals surface area contributed by atoms with Crippen LogP contribution in [0, 0.1) is 0 Å². The topological polar surface area (TPSA) is 84.6 Å². The number of carbonyl (C=O) groups is 2. The van der Waals surface area contributed by atoms with Crippen LogP contribution in [0.15, 0.2) is 60.7 Å². The fourth-order valence-corrected chi connectivity index (χ4v) is 6.39. The third kappa shape index (κ3) is 4.49. The van der Waals surface area contributed by atoms with E-state index in [0.717, 1.165) is 40.9 Å². The molecule has 2 atom stereocenters. The summed E-state index contributed by atoms with van der Waals surface area (Å²) in [7, 11) is 2.11. The number of anilines is 1. The Bertz CT molecular complexity index is 1410. The number of piperazine rings is 1. The Morgan fingerprint density at radius 2 is 1.86 bits per heavy atom. The number of benzene rings is 2. The second-order valence-corrected chi connectivity index (χ2v) is 11.0. The largest absolute Gasteiger partial charge is 0.321 e. The van der Waals surface area contributed by atoms with Gasteiger partial charge < -0.3 is 20.0 Å². The minimum atomic E-state index is -0.185. The molecule has 4 aromatic rings. The molecule has 37 heavy (non-hydrogen) atoms. The summed E-state index contributed by atoms with van der Waals surface area (Å²) in [6, 6.07) is 20.2. The fraction of sp³-hybridized carbons (Fsp3) is 0.321. The van der Waals surface area contributed by atoms with Crippen LogP contribution in [0.4, 0.5) is 10.6 Å². The van der Waals surface area contributed by atoms with Gasteiger partial charge in [0.15, 0.2) is 5.82 Å². The van der Waals surface area contributed by atoms with Crippen molar-refractivity contribution in [3.63, 3.8) is 0 Å². The third-order valence-electron chi connectivity index (χ3n) is 7.49. The molecule has 2 aromatic heterocycles. The van der Waals surface area contributed by atoms with E-state index in [4.69, 9.17) is 0 Å². The summed E-state index contributed by atoms with van der Waals surface area (Å²) in [6.07, 6.45) is 0.822. The summed E-state index contributed by atoms with van der Waals surface area (Å²) in [5.74, 6) is 0.314. The third-order valence-corrected chi connectivity index (χ3v) is 8.60. The van der Waals surface area contributed by atoms with Gasteiger partial charge in [0.1, 0.15) is 0 Å². The molecule has 8 nitrogen and oxygen atoms in total. The maximum absolute atomic E-state index is 13.9. The molecule has 9 heteroatoms. The number of fused-ring (bicyclic) bond motifs is 2. The maximum Gasteiger partial charge on any atom is 0.321 e. The molecule has 0 aliphatic carbocycles. The minimum absolute atomic E-state index is 0.0351. The van der Waals surface area contributed by atoms with E-state index in [1.165, 1.54) is 16.9 Å². The number of thiophene rings is 1. The van der Waals surface area contributed by atoms with E-state index in [9.17, 15) is 9.59 Å². The molecular formula is C28H30N6O2S. The first-order valence-electron chi connectivity index (χ1n) is 12.6. The van der Waals surface area contributed by atoms with Gasteiger partial charge in [0, 0.05) is 29.9 Å². The monoisotopic (exact) mass is 514 g/mol. The molecule has 1 fully saturated rings. The van der Waals surface area contributed by atoms with E-state index in [1.54, 1.807) is 0 Å². The van der Waals surface area contributed by atoms with Crippen LogP contribution in [0.5, 0.6) is 0 Å². The van der Waals surface area contributed by atoms with Crippen molar-refractivity contribution in [3.8, 4) is 0 Å². The molecule has 0 bridgehead atoms. The zero-order valence-corrected chi connectivity index (χ0v) is 21.8. The lowest BCUT2D eigenvalue weighted by Gasteiger charge is -2.42. The molecule has 2 aliphatic rings. The zero-order chi connectivity index (χ0) is 25.5. The number of amides is 3. The number of nitrogens with zero attached hydrogens (tertiary/aromatic N) is 4. The summed E-state index contributed by atoms with van der Waals surface area (Å²) in [5, 5.41) is 11.5. The number of carbonyl (C=O) groups excluding carboxylic acids is 2. The summed E-state index contributed by atoms with van der Waals surface area (Å²) >= 11 is 1.46. The lowest BCUT2D eigenvalue weighted by molar-refractivity contribution is 0.0781. The molecule has 190 valence electrons. The van der Waals surface area contributed by atoms with Crippen molar-refractivity contribution in [3.05, 3.63) is 82.4 Å². The van der Waals surface area contributed by atoms with Crippen LogP contribution < -0.4 is 5.32 Å². The first-order valence-corrected chi connectivity index (χ1v) is 13.5. The highest BCUT2D eigenvalue weighted by molar-refractivity contribution is 7.20. The van der Waals surface area contributed by atoms with Crippen LogP contribution in [0.3, 0.4) is 0 Å². The fourth-order valence-electron chi connectivity index (χ4n) is 5.44. The molecule has 3 amide bonds. The van der Waals surface area contributed by atoms with E-state index in [0.29, 0.717) is 23.8 Å². The van der Waals surface area contributed by atoms with Gasteiger partial charge in [-0.3, -0.25) is 9.89 Å². The second kappa shape index (κ2) is 9.64. The SMILES string of the molecule is CC1c2[nH]nc(NC(=O)c3cc4ccccc4s3)c2CN1C(=O)N1CCN(C)CC1Cc1ccccc1. The molecule has 2 aromatic carbocycles. The van der Waals surface area contributed by atoms with Crippen molar-refractivity contribution in [2.24, 2.45) is 0 Å². The van der Waals surface area contributed by atoms with Crippen LogP contribution in [0.1, 0.15) is 39.5 Å². The zero-order valence-electron chi connectivity index (χ0n) is 21.0. The number of aromatic amines is 1. The van der Waals surface area contributed by atoms with Crippen LogP contribution in [-0.4, -0.2) is 69.6 Å². The van der Waals surface area contributed by atoms with E-state index in [-0.39, 0.29) is 24.0 Å². The van der Waals surface area contributed by atoms with Gasteiger partial charge >= 0.3 is 6.03 Å². The Kier molecular flexibility index (Phi) is 6.18. The van der Waals surface area contributed by atoms with E-state index in [1.807, 2.05) is 65.3 Å². The van der Waals surface area contributed by atoms with E-state index >= 15 is 0 Å². The van der Waals surface area contributed by atoms with Gasteiger partial charge in [0.2, 0.25) is 0 Å². The summed E-state index contributed by atoms with van der Waals surface area (Å²) in [4.78, 5) is 33.7. The standard InChI is InChI=1S/C28H30N6O2S/c1-18-25-22(26(31-30-25)29-27(35)24-15-20-10-6-7-11-23(20)37-24)17-34(18)28(36)33-13-12-32(2)16-21(33)14-19-8-4-3-5-9-19/h3-11,15,18,21H,12-14,16-17H2,1-2H3,(H2,29,30,31,35). The highest BCUT2D eigenvalue weighted by Crippen LogP contribution is 2.37. The van der Waals surface area contributed by atoms with E-state index in [2.05, 4.69) is 39.6 Å². The Hall–Kier alpha value is -3.69. The van der Waals surface area contributed by atoms with Crippen molar-refractivity contribution in [1.82, 2.24) is 24.9 Å². The van der Waals surface area contributed by atoms with Gasteiger partial charge in [0.25, 0.3) is 5.91 Å². The number of H-pyrrole nitrogens is 1. The number of urea groups is 1. The average molecular weight is 515 g/mol. The van der Waals surface area contributed by atoms with Crippen molar-refractivity contribution in [2.75, 3.05) is 32.0 Å². The smallest absolute Gasteiger partial charge is 0.319 e. The Morgan fingerprint density at radius 3 is 2.68 bits per heavy atom. The molecule has 0 radical (unpaired) electrons. The van der Waals surface area contributed by atoms with Crippen LogP contribution in [-0.2, 0) is 13.0 Å². The van der Waals surface area contributed by atoms with Gasteiger partial charge in [0.05, 0.1) is 29.2 Å². The first kappa shape index (κ1) is 23.7. The normalized spacial score (nSPS) is 19.8. The second-order valence-electron chi connectivity index (χ2n) is 9.95. The molecule has 1 saturated heterocycles. The predicted molar refractivity (Wildman–Crippen MR) is 146 cm³/mol. The minimum Gasteiger partial charge on any atom is -0.319 e. The van der Waals surface area contributed by atoms with Crippen molar-refractivity contribution in [1.29, 1.82) is 0 Å². The number of nitrogens with one attached hydrogen (secondary N) is 2. The lowest BCUT2D eigenvalue weighted by atomic mass is 10.0. The number of likely N-dealkylation sites (N-methyl/N-ethyl adjacent to an activating group) is 1. The summed E-state index contributed by atoms with van der Waals surface area (Å²) in [6.45, 7) is 4.81. The quantitative estimate of drug-likeness (QED) is 0.412. The maximum atomic E-state index is 13.9. The number of hydrogen-bond acceptors (Lipinski definition) is 5. The van der Waals surface area contributed by atoms with Gasteiger partial charge in [-0.25, -0.2) is 4.79 Å². The molecule has 2 N–H and O–H groups in total. The average Bonchev–Trinajstić information content (AvgIpc) is 3.60. The van der Waals surface area contributed by atoms with Crippen molar-refractivity contribution < 1.29 is 9.59 Å². The van der Waals surface area contributed by atoms with Gasteiger partial charge in [-0.1, -0.05) is 48.5 Å². The van der Waals surface area contributed by atoms with Gasteiger partial charge in [-0.15, -0.1) is 11.3 Å². The Morgan fingerprint density at radius 1 is 1.08 bits per heavy atom. The first-order chi connectivity index (χ1) is 18.0. The van der Waals surface area contributed by atoms with Gasteiger partial charge in [-0.2, -0.15) is 5.10 Å². The van der Waals surface area contributed by atoms with Crippen LogP contribution in [0.2, 0.25) is 0 Å². The molecule has 0 spiro atoms. The molecular weight excluding hydrogens is 484 g/mol. The molecule has 6 rings (SSSR count). The Labute approximate surface area is 219 Å². The summed E-state index contributed by atoms with van der Waals surface area (Å²) in [5.41, 5.74) is 2.99. The van der Waals surface area contributed by atoms with Crippen LogP contribution in [0.25, 0.3) is 10.1 Å². The Balaban J connectivity index is 1.18. The molecule has 0 saturated carbocycles. The summed E-state index contributed by atoms with van der Waals surface area (Å²) < 4.78 is 1.07. The molecule has 2 aliphatic heterocycles. The molecule has 2 unspecified atom stereocenters. The van der Waals surface area contributed by atoms with E-state index < -0.39 is 0 Å². The number of hydrogen-bond donors (Lipinski definition) is 2. The number of aromatic nitrogens is 2. The van der Waals surface area contributed by atoms with Crippen molar-refractivity contribution in [2.45, 2.75) is 32.0 Å². The lowest BCUT2D eigenvalue weighted by Crippen LogP contribution is -2.57. The van der Waals surface area contributed by atoms with Crippen LogP contribution >= 0.6 is 11.3 Å². The highest BCUT2D eigenvalue weighted by atomic mass is 32.1. The van der Waals surface area contributed by atoms with Crippen molar-refractivity contribution >= 4 is 39.2 Å². The predicted octanol–water partition coefficient (Wildman–Crippen LogP) is 4.73. The number of rotatable bonds is 4. The highest BCUT2D eigenvalue weighted by Gasteiger charge is 2.40. The molecule has 4 heterocycles. The van der Waals surface area contributed by atoms with Gasteiger partial charge in [-0.05, 0) is 43.5 Å².